The molecular formula is C19H30N4O. The highest BCUT2D eigenvalue weighted by Crippen LogP contribution is 2.28. The molecule has 0 amide bonds. The molecule has 24 heavy (non-hydrogen) atoms. The van der Waals surface area contributed by atoms with Crippen LogP contribution in [0.5, 0.6) is 0 Å². The number of hydrogen-bond acceptors (Lipinski definition) is 3. The van der Waals surface area contributed by atoms with Crippen molar-refractivity contribution in [1.82, 2.24) is 15.1 Å². The van der Waals surface area contributed by atoms with Gasteiger partial charge in [-0.1, -0.05) is 30.3 Å². The number of hydrogen-bond donors (Lipinski definition) is 1. The fourth-order valence-corrected chi connectivity index (χ4v) is 3.06. The fourth-order valence-electron chi connectivity index (χ4n) is 3.06. The van der Waals surface area contributed by atoms with Gasteiger partial charge in [0.05, 0.1) is 6.61 Å². The number of nitrogens with zero attached hydrogens (tertiary/aromatic N) is 3. The molecule has 1 N–H and O–H groups in total. The third-order valence-electron chi connectivity index (χ3n) is 4.71. The Morgan fingerprint density at radius 2 is 1.92 bits per heavy atom. The Morgan fingerprint density at radius 3 is 2.58 bits per heavy atom. The van der Waals surface area contributed by atoms with Gasteiger partial charge in [-0.2, -0.15) is 0 Å². The van der Waals surface area contributed by atoms with Crippen LogP contribution in [0.3, 0.4) is 0 Å². The summed E-state index contributed by atoms with van der Waals surface area (Å²) in [7, 11) is 1.86. The first kappa shape index (κ1) is 17.2. The van der Waals surface area contributed by atoms with Crippen LogP contribution in [0.4, 0.5) is 0 Å². The van der Waals surface area contributed by atoms with E-state index < -0.39 is 0 Å². The van der Waals surface area contributed by atoms with Crippen LogP contribution in [-0.4, -0.2) is 68.7 Å². The molecular weight excluding hydrogens is 300 g/mol. The molecule has 0 aromatic heterocycles. The van der Waals surface area contributed by atoms with Gasteiger partial charge in [0.2, 0.25) is 0 Å². The third-order valence-corrected chi connectivity index (χ3v) is 4.71. The van der Waals surface area contributed by atoms with E-state index in [9.17, 15) is 0 Å². The van der Waals surface area contributed by atoms with Gasteiger partial charge in [0, 0.05) is 52.9 Å². The van der Waals surface area contributed by atoms with Gasteiger partial charge in [-0.15, -0.1) is 0 Å². The minimum absolute atomic E-state index is 0.767. The van der Waals surface area contributed by atoms with Crippen LogP contribution in [0.25, 0.3) is 0 Å². The zero-order valence-electron chi connectivity index (χ0n) is 14.8. The monoisotopic (exact) mass is 330 g/mol. The van der Waals surface area contributed by atoms with E-state index in [0.29, 0.717) is 0 Å². The standard InChI is InChI=1S/C19H30N4O/c1-20-19(21-9-14-24-16-18-7-8-18)23-12-10-22(11-13-23)15-17-5-3-2-4-6-17/h2-6,18H,7-16H2,1H3,(H,20,21). The average Bonchev–Trinajstić information content (AvgIpc) is 3.44. The molecule has 5 nitrogen and oxygen atoms in total. The van der Waals surface area contributed by atoms with Gasteiger partial charge >= 0.3 is 0 Å². The quantitative estimate of drug-likeness (QED) is 0.470. The van der Waals surface area contributed by atoms with E-state index in [1.807, 2.05) is 7.05 Å². The van der Waals surface area contributed by atoms with Crippen molar-refractivity contribution in [3.8, 4) is 0 Å². The zero-order valence-corrected chi connectivity index (χ0v) is 14.8. The summed E-state index contributed by atoms with van der Waals surface area (Å²) in [5.41, 5.74) is 1.39. The first-order chi connectivity index (χ1) is 11.8. The summed E-state index contributed by atoms with van der Waals surface area (Å²) in [5.74, 6) is 1.84. The van der Waals surface area contributed by atoms with Crippen LogP contribution in [-0.2, 0) is 11.3 Å². The Labute approximate surface area is 145 Å². The zero-order chi connectivity index (χ0) is 16.6. The molecule has 0 unspecified atom stereocenters. The van der Waals surface area contributed by atoms with E-state index in [-0.39, 0.29) is 0 Å². The summed E-state index contributed by atoms with van der Waals surface area (Å²) in [4.78, 5) is 9.28. The summed E-state index contributed by atoms with van der Waals surface area (Å²) in [6.07, 6.45) is 2.70. The van der Waals surface area contributed by atoms with Gasteiger partial charge < -0.3 is 15.0 Å². The van der Waals surface area contributed by atoms with E-state index in [1.54, 1.807) is 0 Å². The van der Waals surface area contributed by atoms with E-state index in [4.69, 9.17) is 4.74 Å². The largest absolute Gasteiger partial charge is 0.379 e. The van der Waals surface area contributed by atoms with Gasteiger partial charge in [-0.3, -0.25) is 9.89 Å². The molecule has 0 bridgehead atoms. The Bertz CT molecular complexity index is 507. The summed E-state index contributed by atoms with van der Waals surface area (Å²) < 4.78 is 5.68. The van der Waals surface area contributed by atoms with Crippen molar-refractivity contribution in [2.24, 2.45) is 10.9 Å². The number of aliphatic imine (C=N–C) groups is 1. The maximum absolute atomic E-state index is 5.68. The number of piperazine rings is 1. The lowest BCUT2D eigenvalue weighted by Crippen LogP contribution is -2.52. The van der Waals surface area contributed by atoms with Crippen LogP contribution in [0.15, 0.2) is 35.3 Å². The van der Waals surface area contributed by atoms with Crippen molar-refractivity contribution < 1.29 is 4.74 Å². The second kappa shape index (κ2) is 9.04. The van der Waals surface area contributed by atoms with Gasteiger partial charge in [0.25, 0.3) is 0 Å². The molecule has 0 atom stereocenters. The Kier molecular flexibility index (Phi) is 6.49. The molecule has 1 aromatic rings. The van der Waals surface area contributed by atoms with Crippen molar-refractivity contribution in [3.63, 3.8) is 0 Å². The molecule has 0 spiro atoms. The predicted octanol–water partition coefficient (Wildman–Crippen LogP) is 1.81. The lowest BCUT2D eigenvalue weighted by molar-refractivity contribution is 0.127. The molecule has 3 rings (SSSR count). The van der Waals surface area contributed by atoms with Crippen molar-refractivity contribution in [2.45, 2.75) is 19.4 Å². The topological polar surface area (TPSA) is 40.1 Å². The number of nitrogens with one attached hydrogen (secondary N) is 1. The molecule has 1 heterocycles. The van der Waals surface area contributed by atoms with Crippen molar-refractivity contribution in [2.75, 3.05) is 53.0 Å². The maximum atomic E-state index is 5.68. The Morgan fingerprint density at radius 1 is 1.17 bits per heavy atom. The minimum atomic E-state index is 0.767. The highest BCUT2D eigenvalue weighted by molar-refractivity contribution is 5.79. The van der Waals surface area contributed by atoms with Gasteiger partial charge in [0.15, 0.2) is 5.96 Å². The lowest BCUT2D eigenvalue weighted by Gasteiger charge is -2.36. The minimum Gasteiger partial charge on any atom is -0.379 e. The number of benzene rings is 1. The van der Waals surface area contributed by atoms with E-state index in [1.165, 1.54) is 18.4 Å². The van der Waals surface area contributed by atoms with E-state index >= 15 is 0 Å². The molecule has 1 aliphatic heterocycles. The first-order valence-corrected chi connectivity index (χ1v) is 9.15. The molecule has 1 saturated heterocycles. The molecule has 5 heteroatoms. The number of ether oxygens (including phenoxy) is 1. The Balaban J connectivity index is 1.34. The Hall–Kier alpha value is -1.59. The van der Waals surface area contributed by atoms with Crippen molar-refractivity contribution >= 4 is 5.96 Å². The van der Waals surface area contributed by atoms with Gasteiger partial charge in [-0.25, -0.2) is 0 Å². The third kappa shape index (κ3) is 5.49. The molecule has 1 saturated carbocycles. The van der Waals surface area contributed by atoms with Crippen molar-refractivity contribution in [1.29, 1.82) is 0 Å². The van der Waals surface area contributed by atoms with Crippen LogP contribution >= 0.6 is 0 Å². The van der Waals surface area contributed by atoms with Gasteiger partial charge in [0.1, 0.15) is 0 Å². The second-order valence-corrected chi connectivity index (χ2v) is 6.74. The van der Waals surface area contributed by atoms with Crippen LogP contribution in [0.2, 0.25) is 0 Å². The van der Waals surface area contributed by atoms with E-state index in [2.05, 4.69) is 50.4 Å². The molecule has 2 fully saturated rings. The number of guanidine groups is 1. The first-order valence-electron chi connectivity index (χ1n) is 9.15. The predicted molar refractivity (Wildman–Crippen MR) is 98.2 cm³/mol. The highest BCUT2D eigenvalue weighted by atomic mass is 16.5. The highest BCUT2D eigenvalue weighted by Gasteiger charge is 2.21. The van der Waals surface area contributed by atoms with Crippen LogP contribution < -0.4 is 5.32 Å². The SMILES string of the molecule is CN=C(NCCOCC1CC1)N1CCN(Cc2ccccc2)CC1. The smallest absolute Gasteiger partial charge is 0.193 e. The fraction of sp³-hybridized carbons (Fsp3) is 0.632. The summed E-state index contributed by atoms with van der Waals surface area (Å²) in [6.45, 7) is 7.77. The normalized spacial score (nSPS) is 19.5. The van der Waals surface area contributed by atoms with Crippen LogP contribution in [0, 0.1) is 5.92 Å². The van der Waals surface area contributed by atoms with Crippen LogP contribution in [0.1, 0.15) is 18.4 Å². The molecule has 1 aliphatic carbocycles. The summed E-state index contributed by atoms with van der Waals surface area (Å²) in [5, 5.41) is 3.43. The summed E-state index contributed by atoms with van der Waals surface area (Å²) in [6, 6.07) is 10.7. The second-order valence-electron chi connectivity index (χ2n) is 6.74. The maximum Gasteiger partial charge on any atom is 0.193 e. The molecule has 132 valence electrons. The lowest BCUT2D eigenvalue weighted by atomic mass is 10.2. The van der Waals surface area contributed by atoms with E-state index in [0.717, 1.165) is 64.4 Å². The summed E-state index contributed by atoms with van der Waals surface area (Å²) >= 11 is 0. The van der Waals surface area contributed by atoms with Gasteiger partial charge in [-0.05, 0) is 24.3 Å². The molecule has 0 radical (unpaired) electrons. The van der Waals surface area contributed by atoms with Crippen molar-refractivity contribution in [3.05, 3.63) is 35.9 Å². The molecule has 1 aromatic carbocycles. The number of rotatable bonds is 7. The molecule has 2 aliphatic rings. The average molecular weight is 330 g/mol.